The molecule has 2 aromatic heterocycles. The lowest BCUT2D eigenvalue weighted by Gasteiger charge is -2.10. The van der Waals surface area contributed by atoms with Crippen molar-refractivity contribution < 1.29 is 14.3 Å². The van der Waals surface area contributed by atoms with Gasteiger partial charge in [0.1, 0.15) is 5.82 Å². The van der Waals surface area contributed by atoms with E-state index in [2.05, 4.69) is 10.3 Å². The molecule has 1 aromatic carbocycles. The van der Waals surface area contributed by atoms with E-state index in [9.17, 15) is 4.79 Å². The van der Waals surface area contributed by atoms with Crippen LogP contribution in [-0.4, -0.2) is 32.2 Å². The summed E-state index contributed by atoms with van der Waals surface area (Å²) in [5, 5.41) is 5.45. The van der Waals surface area contributed by atoms with E-state index in [0.717, 1.165) is 26.8 Å². The predicted octanol–water partition coefficient (Wildman–Crippen LogP) is 3.32. The molecule has 7 heteroatoms. The van der Waals surface area contributed by atoms with Gasteiger partial charge in [-0.25, -0.2) is 4.98 Å². The van der Waals surface area contributed by atoms with Crippen LogP contribution in [0, 0.1) is 0 Å². The van der Waals surface area contributed by atoms with Crippen LogP contribution in [0.2, 0.25) is 0 Å². The fraction of sp³-hybridized carbons (Fsp3) is 0.158. The van der Waals surface area contributed by atoms with Crippen molar-refractivity contribution in [1.82, 2.24) is 10.3 Å². The van der Waals surface area contributed by atoms with Crippen molar-refractivity contribution in [3.05, 3.63) is 41.4 Å². The molecule has 134 valence electrons. The third-order valence-electron chi connectivity index (χ3n) is 4.01. The highest BCUT2D eigenvalue weighted by molar-refractivity contribution is 7.18. The second-order valence-corrected chi connectivity index (χ2v) is 6.35. The maximum atomic E-state index is 11.5. The number of fused-ring (bicyclic) bond motifs is 1. The van der Waals surface area contributed by atoms with Crippen molar-refractivity contribution in [3.63, 3.8) is 0 Å². The molecule has 0 aliphatic carbocycles. The van der Waals surface area contributed by atoms with Gasteiger partial charge in [0.2, 0.25) is 5.91 Å². The van der Waals surface area contributed by atoms with E-state index in [1.54, 1.807) is 44.9 Å². The summed E-state index contributed by atoms with van der Waals surface area (Å²) < 4.78 is 11.7. The van der Waals surface area contributed by atoms with Gasteiger partial charge in [-0.2, -0.15) is 0 Å². The number of anilines is 1. The minimum atomic E-state index is -0.174. The van der Waals surface area contributed by atoms with Gasteiger partial charge >= 0.3 is 0 Å². The largest absolute Gasteiger partial charge is 0.493 e. The average Bonchev–Trinajstić information content (AvgIpc) is 3.12. The zero-order chi connectivity index (χ0) is 18.7. The molecule has 0 spiro atoms. The van der Waals surface area contributed by atoms with Crippen LogP contribution in [0.3, 0.4) is 0 Å². The van der Waals surface area contributed by atoms with Crippen LogP contribution >= 0.6 is 11.3 Å². The summed E-state index contributed by atoms with van der Waals surface area (Å²) in [6.07, 6.45) is 4.89. The van der Waals surface area contributed by atoms with Gasteiger partial charge in [0.05, 0.1) is 14.2 Å². The molecule has 0 aliphatic rings. The Morgan fingerprint density at radius 3 is 2.73 bits per heavy atom. The molecule has 0 fully saturated rings. The molecular weight excluding hydrogens is 350 g/mol. The lowest BCUT2D eigenvalue weighted by atomic mass is 10.0. The molecular formula is C19H19N3O3S. The smallest absolute Gasteiger partial charge is 0.243 e. The zero-order valence-corrected chi connectivity index (χ0v) is 15.5. The van der Waals surface area contributed by atoms with Gasteiger partial charge in [-0.3, -0.25) is 4.79 Å². The Hall–Kier alpha value is -3.06. The first-order chi connectivity index (χ1) is 12.6. The van der Waals surface area contributed by atoms with E-state index in [1.807, 2.05) is 23.6 Å². The van der Waals surface area contributed by atoms with Crippen molar-refractivity contribution in [2.24, 2.45) is 0 Å². The molecule has 3 rings (SSSR count). The highest BCUT2D eigenvalue weighted by atomic mass is 32.1. The minimum absolute atomic E-state index is 0.174. The molecule has 0 unspecified atom stereocenters. The number of rotatable bonds is 5. The maximum absolute atomic E-state index is 11.5. The first kappa shape index (κ1) is 17.8. The number of nitrogen functional groups attached to an aromatic ring is 1. The van der Waals surface area contributed by atoms with Crippen molar-refractivity contribution >= 4 is 39.2 Å². The normalized spacial score (nSPS) is 11.0. The second kappa shape index (κ2) is 7.45. The van der Waals surface area contributed by atoms with Gasteiger partial charge in [-0.05, 0) is 29.2 Å². The van der Waals surface area contributed by atoms with E-state index in [4.69, 9.17) is 15.2 Å². The predicted molar refractivity (Wildman–Crippen MR) is 106 cm³/mol. The number of pyridine rings is 1. The van der Waals surface area contributed by atoms with Gasteiger partial charge in [0.15, 0.2) is 11.5 Å². The van der Waals surface area contributed by atoms with E-state index in [1.165, 1.54) is 6.08 Å². The fourth-order valence-electron chi connectivity index (χ4n) is 2.67. The van der Waals surface area contributed by atoms with E-state index < -0.39 is 0 Å². The molecule has 6 nitrogen and oxygen atoms in total. The Balaban J connectivity index is 2.14. The van der Waals surface area contributed by atoms with Gasteiger partial charge in [-0.15, -0.1) is 11.3 Å². The topological polar surface area (TPSA) is 86.5 Å². The Labute approximate surface area is 155 Å². The third-order valence-corrected chi connectivity index (χ3v) is 5.04. The lowest BCUT2D eigenvalue weighted by Crippen LogP contribution is -2.13. The summed E-state index contributed by atoms with van der Waals surface area (Å²) in [5.74, 6) is 1.58. The Morgan fingerprint density at radius 1 is 1.27 bits per heavy atom. The van der Waals surface area contributed by atoms with Crippen LogP contribution < -0.4 is 20.5 Å². The van der Waals surface area contributed by atoms with Gasteiger partial charge in [-0.1, -0.05) is 6.07 Å². The quantitative estimate of drug-likeness (QED) is 0.674. The molecule has 3 aromatic rings. The van der Waals surface area contributed by atoms with Gasteiger partial charge in [0, 0.05) is 40.5 Å². The number of amides is 1. The highest BCUT2D eigenvalue weighted by Gasteiger charge is 2.15. The van der Waals surface area contributed by atoms with Crippen LogP contribution in [0.15, 0.2) is 35.9 Å². The number of ether oxygens (including phenoxy) is 2. The number of thiophene rings is 1. The Kier molecular flexibility index (Phi) is 5.09. The second-order valence-electron chi connectivity index (χ2n) is 5.47. The summed E-state index contributed by atoms with van der Waals surface area (Å²) in [6, 6.07) is 5.72. The molecule has 3 N–H and O–H groups in total. The standard InChI is InChI=1S/C19H19N3O3S/c1-21-16(23)7-5-12-9-22-19(20)17-13(10-26-18(12)17)11-4-6-14(24-2)15(8-11)25-3/h4-10H,1-3H3,(H2,20,22)(H,21,23). The number of hydrogen-bond acceptors (Lipinski definition) is 6. The summed E-state index contributed by atoms with van der Waals surface area (Å²) >= 11 is 1.56. The summed E-state index contributed by atoms with van der Waals surface area (Å²) in [6.45, 7) is 0. The first-order valence-electron chi connectivity index (χ1n) is 7.87. The fourth-order valence-corrected chi connectivity index (χ4v) is 3.75. The van der Waals surface area contributed by atoms with Crippen LogP contribution in [0.1, 0.15) is 5.56 Å². The number of likely N-dealkylation sites (N-methyl/N-ethyl adjacent to an activating group) is 1. The molecule has 0 saturated carbocycles. The van der Waals surface area contributed by atoms with Gasteiger partial charge < -0.3 is 20.5 Å². The molecule has 0 atom stereocenters. The first-order valence-corrected chi connectivity index (χ1v) is 8.74. The van der Waals surface area contributed by atoms with Crippen molar-refractivity contribution in [2.45, 2.75) is 0 Å². The van der Waals surface area contributed by atoms with Crippen LogP contribution in [0.4, 0.5) is 5.82 Å². The third kappa shape index (κ3) is 3.21. The highest BCUT2D eigenvalue weighted by Crippen LogP contribution is 2.41. The van der Waals surface area contributed by atoms with Crippen molar-refractivity contribution in [2.75, 3.05) is 27.0 Å². The number of hydrogen-bond donors (Lipinski definition) is 2. The SMILES string of the molecule is CNC(=O)C=Cc1cnc(N)c2c(-c3ccc(OC)c(OC)c3)csc12. The molecule has 0 saturated heterocycles. The minimum Gasteiger partial charge on any atom is -0.493 e. The number of nitrogens with zero attached hydrogens (tertiary/aromatic N) is 1. The van der Waals surface area contributed by atoms with E-state index in [0.29, 0.717) is 17.3 Å². The monoisotopic (exact) mass is 369 g/mol. The number of carbonyl (C=O) groups is 1. The summed E-state index contributed by atoms with van der Waals surface area (Å²) in [7, 11) is 4.79. The molecule has 0 radical (unpaired) electrons. The zero-order valence-electron chi connectivity index (χ0n) is 14.7. The molecule has 26 heavy (non-hydrogen) atoms. The lowest BCUT2D eigenvalue weighted by molar-refractivity contribution is -0.115. The maximum Gasteiger partial charge on any atom is 0.243 e. The molecule has 0 bridgehead atoms. The average molecular weight is 369 g/mol. The molecule has 2 heterocycles. The number of nitrogens with one attached hydrogen (secondary N) is 1. The summed E-state index contributed by atoms with van der Waals surface area (Å²) in [4.78, 5) is 15.8. The number of carbonyl (C=O) groups excluding carboxylic acids is 1. The van der Waals surface area contributed by atoms with Crippen LogP contribution in [0.5, 0.6) is 11.5 Å². The van der Waals surface area contributed by atoms with Crippen molar-refractivity contribution in [3.8, 4) is 22.6 Å². The Morgan fingerprint density at radius 2 is 2.04 bits per heavy atom. The molecule has 1 amide bonds. The Bertz CT molecular complexity index is 995. The van der Waals surface area contributed by atoms with Crippen molar-refractivity contribution in [1.29, 1.82) is 0 Å². The van der Waals surface area contributed by atoms with Crippen LogP contribution in [-0.2, 0) is 4.79 Å². The number of nitrogens with two attached hydrogens (primary N) is 1. The van der Waals surface area contributed by atoms with E-state index in [-0.39, 0.29) is 5.91 Å². The number of aromatic nitrogens is 1. The van der Waals surface area contributed by atoms with Crippen LogP contribution in [0.25, 0.3) is 27.3 Å². The van der Waals surface area contributed by atoms with E-state index >= 15 is 0 Å². The number of benzene rings is 1. The molecule has 0 aliphatic heterocycles. The summed E-state index contributed by atoms with van der Waals surface area (Å²) in [5.41, 5.74) is 8.91. The number of methoxy groups -OCH3 is 2. The van der Waals surface area contributed by atoms with Gasteiger partial charge in [0.25, 0.3) is 0 Å².